The Bertz CT molecular complexity index is 456. The van der Waals surface area contributed by atoms with E-state index in [1.54, 1.807) is 13.0 Å². The molecule has 0 saturated heterocycles. The molecule has 0 bridgehead atoms. The number of halogens is 2. The molecule has 0 aliphatic carbocycles. The maximum absolute atomic E-state index is 11.6. The monoisotopic (exact) mass is 362 g/mol. The van der Waals surface area contributed by atoms with Crippen molar-refractivity contribution in [3.05, 3.63) is 26.8 Å². The van der Waals surface area contributed by atoms with E-state index in [2.05, 4.69) is 39.1 Å². The molecule has 90 valence electrons. The lowest BCUT2D eigenvalue weighted by Gasteiger charge is -2.15. The first kappa shape index (κ1) is 14.1. The Hall–Kier alpha value is -0.930. The molecule has 5 heteroatoms. The number of rotatable bonds is 4. The number of amides is 1. The molecule has 1 unspecified atom stereocenters. The number of anilines is 1. The van der Waals surface area contributed by atoms with Crippen LogP contribution in [0.25, 0.3) is 0 Å². The zero-order valence-corrected chi connectivity index (χ0v) is 12.2. The first-order valence-corrected chi connectivity index (χ1v) is 6.43. The van der Waals surface area contributed by atoms with Crippen LogP contribution in [0.15, 0.2) is 18.2 Å². The van der Waals surface area contributed by atoms with E-state index >= 15 is 0 Å². The first-order valence-electron chi connectivity index (χ1n) is 4.97. The third kappa shape index (κ3) is 4.44. The van der Waals surface area contributed by atoms with Gasteiger partial charge in [-0.2, -0.15) is 0 Å². The van der Waals surface area contributed by atoms with Crippen molar-refractivity contribution in [2.24, 2.45) is 0 Å². The van der Waals surface area contributed by atoms with Crippen molar-refractivity contribution in [2.45, 2.75) is 13.0 Å². The Morgan fingerprint density at radius 1 is 1.65 bits per heavy atom. The van der Waals surface area contributed by atoms with Crippen LogP contribution in [-0.2, 0) is 4.79 Å². The maximum atomic E-state index is 11.6. The second-order valence-corrected chi connectivity index (χ2v) is 5.01. The Balaban J connectivity index is 2.65. The van der Waals surface area contributed by atoms with Crippen LogP contribution in [0.5, 0.6) is 0 Å². The van der Waals surface area contributed by atoms with Gasteiger partial charge in [-0.3, -0.25) is 4.79 Å². The third-order valence-electron chi connectivity index (χ3n) is 2.06. The van der Waals surface area contributed by atoms with Crippen molar-refractivity contribution in [3.8, 4) is 12.3 Å². The van der Waals surface area contributed by atoms with Crippen molar-refractivity contribution in [3.63, 3.8) is 0 Å². The summed E-state index contributed by atoms with van der Waals surface area (Å²) in [6.07, 6.45) is 5.07. The van der Waals surface area contributed by atoms with E-state index in [1.165, 1.54) is 0 Å². The average molecular weight is 363 g/mol. The highest BCUT2D eigenvalue weighted by Crippen LogP contribution is 2.22. The number of hydrogen-bond acceptors (Lipinski definition) is 2. The Labute approximate surface area is 119 Å². The van der Waals surface area contributed by atoms with Crippen molar-refractivity contribution in [2.75, 3.05) is 11.9 Å². The normalized spacial score (nSPS) is 11.4. The van der Waals surface area contributed by atoms with Gasteiger partial charge in [0.15, 0.2) is 0 Å². The maximum Gasteiger partial charge on any atom is 0.242 e. The molecule has 17 heavy (non-hydrogen) atoms. The molecule has 1 rings (SSSR count). The molecule has 1 aromatic rings. The molecule has 1 aromatic carbocycles. The molecule has 1 atom stereocenters. The molecule has 0 fully saturated rings. The fourth-order valence-corrected chi connectivity index (χ4v) is 2.22. The van der Waals surface area contributed by atoms with Gasteiger partial charge in [-0.25, -0.2) is 0 Å². The molecule has 1 amide bonds. The number of hydrogen-bond donors (Lipinski definition) is 2. The minimum absolute atomic E-state index is 0.131. The quantitative estimate of drug-likeness (QED) is 0.638. The molecule has 0 spiro atoms. The Kier molecular flexibility index (Phi) is 5.59. The number of terminal acetylenes is 1. The highest BCUT2D eigenvalue weighted by Gasteiger charge is 2.12. The van der Waals surface area contributed by atoms with Gasteiger partial charge in [-0.15, -0.1) is 6.42 Å². The summed E-state index contributed by atoms with van der Waals surface area (Å²) in [6, 6.07) is 5.10. The summed E-state index contributed by atoms with van der Waals surface area (Å²) in [4.78, 5) is 11.6. The standard InChI is InChI=1S/C12H12ClIN2O/c1-3-6-15-12(17)8(2)16-11-5-4-9(13)7-10(11)14/h1,4-5,7-8,16H,6H2,2H3,(H,15,17). The third-order valence-corrected chi connectivity index (χ3v) is 3.19. The van der Waals surface area contributed by atoms with Crippen molar-refractivity contribution in [1.29, 1.82) is 0 Å². The highest BCUT2D eigenvalue weighted by molar-refractivity contribution is 14.1. The number of benzene rings is 1. The van der Waals surface area contributed by atoms with Crippen molar-refractivity contribution in [1.82, 2.24) is 5.32 Å². The second kappa shape index (κ2) is 6.72. The lowest BCUT2D eigenvalue weighted by molar-refractivity contribution is -0.121. The summed E-state index contributed by atoms with van der Waals surface area (Å²) in [5.74, 6) is 2.23. The van der Waals surface area contributed by atoms with Crippen LogP contribution in [0.2, 0.25) is 5.02 Å². The molecule has 0 heterocycles. The Morgan fingerprint density at radius 2 is 2.35 bits per heavy atom. The molecule has 3 nitrogen and oxygen atoms in total. The first-order chi connectivity index (χ1) is 8.04. The van der Waals surface area contributed by atoms with Gasteiger partial charge in [0, 0.05) is 14.3 Å². The summed E-state index contributed by atoms with van der Waals surface area (Å²) in [7, 11) is 0. The van der Waals surface area contributed by atoms with E-state index in [9.17, 15) is 4.79 Å². The molecule has 2 N–H and O–H groups in total. The van der Waals surface area contributed by atoms with Gasteiger partial charge in [0.2, 0.25) is 5.91 Å². The van der Waals surface area contributed by atoms with Gasteiger partial charge in [0.1, 0.15) is 6.04 Å². The fraction of sp³-hybridized carbons (Fsp3) is 0.250. The largest absolute Gasteiger partial charge is 0.373 e. The van der Waals surface area contributed by atoms with E-state index in [-0.39, 0.29) is 18.5 Å². The topological polar surface area (TPSA) is 41.1 Å². The minimum atomic E-state index is -0.349. The summed E-state index contributed by atoms with van der Waals surface area (Å²) in [5, 5.41) is 6.39. The van der Waals surface area contributed by atoms with E-state index in [1.807, 2.05) is 12.1 Å². The predicted molar refractivity (Wildman–Crippen MR) is 79.1 cm³/mol. The molecular weight excluding hydrogens is 351 g/mol. The predicted octanol–water partition coefficient (Wildman–Crippen LogP) is 2.49. The summed E-state index contributed by atoms with van der Waals surface area (Å²) >= 11 is 8.01. The molecule has 0 radical (unpaired) electrons. The van der Waals surface area contributed by atoms with Gasteiger partial charge in [0.05, 0.1) is 6.54 Å². The minimum Gasteiger partial charge on any atom is -0.373 e. The molecule has 0 aromatic heterocycles. The molecular formula is C12H12ClIN2O. The van der Waals surface area contributed by atoms with Gasteiger partial charge < -0.3 is 10.6 Å². The summed E-state index contributed by atoms with van der Waals surface area (Å²) < 4.78 is 0.965. The molecule has 0 aliphatic heterocycles. The number of carbonyl (C=O) groups excluding carboxylic acids is 1. The zero-order chi connectivity index (χ0) is 12.8. The summed E-state index contributed by atoms with van der Waals surface area (Å²) in [5.41, 5.74) is 0.873. The zero-order valence-electron chi connectivity index (χ0n) is 9.26. The van der Waals surface area contributed by atoms with Crippen LogP contribution in [0.1, 0.15) is 6.92 Å². The van der Waals surface area contributed by atoms with Gasteiger partial charge in [0.25, 0.3) is 0 Å². The second-order valence-electron chi connectivity index (χ2n) is 3.41. The number of carbonyl (C=O) groups is 1. The smallest absolute Gasteiger partial charge is 0.242 e. The SMILES string of the molecule is C#CCNC(=O)C(C)Nc1ccc(Cl)cc1I. The van der Waals surface area contributed by atoms with Crippen LogP contribution >= 0.6 is 34.2 Å². The van der Waals surface area contributed by atoms with Crippen LogP contribution in [0.3, 0.4) is 0 Å². The van der Waals surface area contributed by atoms with Crippen LogP contribution in [-0.4, -0.2) is 18.5 Å². The van der Waals surface area contributed by atoms with E-state index in [4.69, 9.17) is 18.0 Å². The highest BCUT2D eigenvalue weighted by atomic mass is 127. The summed E-state index contributed by atoms with van der Waals surface area (Å²) in [6.45, 7) is 2.01. The van der Waals surface area contributed by atoms with E-state index in [0.717, 1.165) is 9.26 Å². The van der Waals surface area contributed by atoms with Crippen molar-refractivity contribution < 1.29 is 4.79 Å². The van der Waals surface area contributed by atoms with Gasteiger partial charge >= 0.3 is 0 Å². The van der Waals surface area contributed by atoms with Gasteiger partial charge in [-0.1, -0.05) is 17.5 Å². The Morgan fingerprint density at radius 3 is 2.94 bits per heavy atom. The van der Waals surface area contributed by atoms with Crippen LogP contribution < -0.4 is 10.6 Å². The van der Waals surface area contributed by atoms with Gasteiger partial charge in [-0.05, 0) is 47.7 Å². The van der Waals surface area contributed by atoms with Crippen LogP contribution in [0, 0.1) is 15.9 Å². The van der Waals surface area contributed by atoms with E-state index < -0.39 is 0 Å². The fourth-order valence-electron chi connectivity index (χ4n) is 1.20. The average Bonchev–Trinajstić information content (AvgIpc) is 2.29. The van der Waals surface area contributed by atoms with Crippen LogP contribution in [0.4, 0.5) is 5.69 Å². The molecule has 0 saturated carbocycles. The molecule has 0 aliphatic rings. The number of nitrogens with one attached hydrogen (secondary N) is 2. The lowest BCUT2D eigenvalue weighted by Crippen LogP contribution is -2.37. The lowest BCUT2D eigenvalue weighted by atomic mass is 10.2. The van der Waals surface area contributed by atoms with Crippen molar-refractivity contribution >= 4 is 45.8 Å². The van der Waals surface area contributed by atoms with E-state index in [0.29, 0.717) is 5.02 Å².